The molecule has 1 aliphatic heterocycles. The van der Waals surface area contributed by atoms with Gasteiger partial charge in [0.05, 0.1) is 24.5 Å². The van der Waals surface area contributed by atoms with Crippen LogP contribution >= 0.6 is 0 Å². The van der Waals surface area contributed by atoms with E-state index >= 15 is 0 Å². The third-order valence-corrected chi connectivity index (χ3v) is 3.87. The van der Waals surface area contributed by atoms with E-state index in [0.29, 0.717) is 6.54 Å². The Labute approximate surface area is 137 Å². The second-order valence-corrected chi connectivity index (χ2v) is 5.82. The Morgan fingerprint density at radius 3 is 2.91 bits per heavy atom. The number of nitrogens with zero attached hydrogens (tertiary/aromatic N) is 2. The van der Waals surface area contributed by atoms with Crippen LogP contribution in [-0.2, 0) is 9.59 Å². The highest BCUT2D eigenvalue weighted by Gasteiger charge is 2.20. The lowest BCUT2D eigenvalue weighted by Crippen LogP contribution is -2.43. The molecule has 0 saturated heterocycles. The molecule has 1 aromatic carbocycles. The average Bonchev–Trinajstić information content (AvgIpc) is 2.75. The molecule has 0 aromatic heterocycles. The van der Waals surface area contributed by atoms with Crippen LogP contribution < -0.4 is 15.5 Å². The van der Waals surface area contributed by atoms with Gasteiger partial charge in [-0.1, -0.05) is 19.1 Å². The lowest BCUT2D eigenvalue weighted by molar-refractivity contribution is -0.133. The van der Waals surface area contributed by atoms with Crippen LogP contribution in [0.25, 0.3) is 0 Å². The monoisotopic (exact) mass is 318 g/mol. The van der Waals surface area contributed by atoms with Gasteiger partial charge in [0, 0.05) is 26.7 Å². The van der Waals surface area contributed by atoms with Gasteiger partial charge >= 0.3 is 0 Å². The van der Waals surface area contributed by atoms with Crippen LogP contribution in [-0.4, -0.2) is 56.5 Å². The standard InChI is InChI=1S/C17H26N4O2/c1-3-9-19-16(22)12-20(2)17(23)13-21-11-6-10-18-14-7-4-5-8-15(14)21/h4-5,7-8,18H,3,6,9-13H2,1-2H3,(H,19,22). The normalized spacial score (nSPS) is 13.6. The maximum Gasteiger partial charge on any atom is 0.242 e. The molecule has 1 heterocycles. The van der Waals surface area contributed by atoms with Gasteiger partial charge in [-0.15, -0.1) is 0 Å². The number of rotatable bonds is 6. The highest BCUT2D eigenvalue weighted by molar-refractivity contribution is 5.88. The maximum absolute atomic E-state index is 12.4. The Balaban J connectivity index is 1.95. The van der Waals surface area contributed by atoms with Gasteiger partial charge in [0.1, 0.15) is 0 Å². The van der Waals surface area contributed by atoms with Crippen molar-refractivity contribution in [2.45, 2.75) is 19.8 Å². The summed E-state index contributed by atoms with van der Waals surface area (Å²) in [5.74, 6) is -0.158. The summed E-state index contributed by atoms with van der Waals surface area (Å²) >= 11 is 0. The predicted molar refractivity (Wildman–Crippen MR) is 92.7 cm³/mol. The van der Waals surface area contributed by atoms with E-state index in [1.807, 2.05) is 31.2 Å². The second kappa shape index (κ2) is 8.41. The van der Waals surface area contributed by atoms with Crippen molar-refractivity contribution < 1.29 is 9.59 Å². The Bertz CT molecular complexity index is 547. The van der Waals surface area contributed by atoms with E-state index in [0.717, 1.165) is 37.3 Å². The molecule has 0 saturated carbocycles. The van der Waals surface area contributed by atoms with E-state index in [9.17, 15) is 9.59 Å². The molecule has 6 heteroatoms. The van der Waals surface area contributed by atoms with E-state index in [4.69, 9.17) is 0 Å². The molecule has 0 radical (unpaired) electrons. The van der Waals surface area contributed by atoms with Crippen LogP contribution in [0.2, 0.25) is 0 Å². The largest absolute Gasteiger partial charge is 0.383 e. The Morgan fingerprint density at radius 1 is 1.35 bits per heavy atom. The third-order valence-electron chi connectivity index (χ3n) is 3.87. The van der Waals surface area contributed by atoms with Gasteiger partial charge in [-0.05, 0) is 25.0 Å². The fraction of sp³-hybridized carbons (Fsp3) is 0.529. The second-order valence-electron chi connectivity index (χ2n) is 5.82. The molecule has 0 spiro atoms. The van der Waals surface area contributed by atoms with E-state index in [-0.39, 0.29) is 24.9 Å². The van der Waals surface area contributed by atoms with Crippen LogP contribution in [0.4, 0.5) is 11.4 Å². The number of carbonyl (C=O) groups is 2. The smallest absolute Gasteiger partial charge is 0.242 e. The molecule has 2 rings (SSSR count). The Hall–Kier alpha value is -2.24. The maximum atomic E-state index is 12.4. The summed E-state index contributed by atoms with van der Waals surface area (Å²) in [6.07, 6.45) is 1.86. The topological polar surface area (TPSA) is 64.7 Å². The van der Waals surface area contributed by atoms with Gasteiger partial charge in [0.15, 0.2) is 0 Å². The van der Waals surface area contributed by atoms with Gasteiger partial charge in [-0.25, -0.2) is 0 Å². The minimum Gasteiger partial charge on any atom is -0.383 e. The summed E-state index contributed by atoms with van der Waals surface area (Å²) in [4.78, 5) is 27.7. The van der Waals surface area contributed by atoms with E-state index in [2.05, 4.69) is 15.5 Å². The van der Waals surface area contributed by atoms with Gasteiger partial charge in [-0.2, -0.15) is 0 Å². The molecule has 126 valence electrons. The van der Waals surface area contributed by atoms with Crippen molar-refractivity contribution in [2.24, 2.45) is 0 Å². The van der Waals surface area contributed by atoms with Gasteiger partial charge in [0.25, 0.3) is 0 Å². The highest BCUT2D eigenvalue weighted by Crippen LogP contribution is 2.27. The molecule has 0 atom stereocenters. The van der Waals surface area contributed by atoms with E-state index in [1.54, 1.807) is 7.05 Å². The molecule has 0 aliphatic carbocycles. The van der Waals surface area contributed by atoms with Crippen LogP contribution in [0.15, 0.2) is 24.3 Å². The number of para-hydroxylation sites is 2. The van der Waals surface area contributed by atoms with Crippen molar-refractivity contribution in [3.63, 3.8) is 0 Å². The minimum absolute atomic E-state index is 0.0478. The van der Waals surface area contributed by atoms with Crippen LogP contribution in [0, 0.1) is 0 Å². The summed E-state index contributed by atoms with van der Waals surface area (Å²) in [7, 11) is 1.68. The van der Waals surface area contributed by atoms with E-state index in [1.165, 1.54) is 4.90 Å². The summed E-state index contributed by atoms with van der Waals surface area (Å²) in [6.45, 7) is 4.76. The van der Waals surface area contributed by atoms with Gasteiger partial charge in [0.2, 0.25) is 11.8 Å². The first kappa shape index (κ1) is 17.1. The van der Waals surface area contributed by atoms with Crippen molar-refractivity contribution in [1.82, 2.24) is 10.2 Å². The predicted octanol–water partition coefficient (Wildman–Crippen LogP) is 1.29. The number of hydrogen-bond donors (Lipinski definition) is 2. The number of amides is 2. The molecular weight excluding hydrogens is 292 g/mol. The fourth-order valence-corrected chi connectivity index (χ4v) is 2.58. The molecule has 6 nitrogen and oxygen atoms in total. The van der Waals surface area contributed by atoms with Gasteiger partial charge in [-0.3, -0.25) is 9.59 Å². The van der Waals surface area contributed by atoms with Crippen molar-refractivity contribution in [1.29, 1.82) is 0 Å². The third kappa shape index (κ3) is 4.87. The lowest BCUT2D eigenvalue weighted by atomic mass is 10.2. The number of anilines is 2. The first-order valence-electron chi connectivity index (χ1n) is 8.20. The lowest BCUT2D eigenvalue weighted by Gasteiger charge is -2.26. The van der Waals surface area contributed by atoms with Crippen LogP contribution in [0.3, 0.4) is 0 Å². The molecule has 0 bridgehead atoms. The summed E-state index contributed by atoms with van der Waals surface area (Å²) < 4.78 is 0. The molecule has 2 N–H and O–H groups in total. The zero-order chi connectivity index (χ0) is 16.7. The summed E-state index contributed by atoms with van der Waals surface area (Å²) in [5, 5.41) is 6.17. The molecule has 0 unspecified atom stereocenters. The Kier molecular flexibility index (Phi) is 6.26. The van der Waals surface area contributed by atoms with Gasteiger partial charge < -0.3 is 20.4 Å². The molecule has 1 aliphatic rings. The SMILES string of the molecule is CCCNC(=O)CN(C)C(=O)CN1CCCNc2ccccc21. The van der Waals surface area contributed by atoms with Crippen molar-refractivity contribution >= 4 is 23.2 Å². The summed E-state index contributed by atoms with van der Waals surface area (Å²) in [6, 6.07) is 8.02. The highest BCUT2D eigenvalue weighted by atomic mass is 16.2. The molecule has 23 heavy (non-hydrogen) atoms. The number of hydrogen-bond acceptors (Lipinski definition) is 4. The quantitative estimate of drug-likeness (QED) is 0.830. The zero-order valence-corrected chi connectivity index (χ0v) is 14.0. The van der Waals surface area contributed by atoms with Crippen molar-refractivity contribution in [3.8, 4) is 0 Å². The molecule has 0 fully saturated rings. The fourth-order valence-electron chi connectivity index (χ4n) is 2.58. The first-order valence-corrected chi connectivity index (χ1v) is 8.20. The van der Waals surface area contributed by atoms with Crippen LogP contribution in [0.1, 0.15) is 19.8 Å². The number of fused-ring (bicyclic) bond motifs is 1. The number of nitrogens with one attached hydrogen (secondary N) is 2. The molecule has 1 aromatic rings. The summed E-state index contributed by atoms with van der Waals surface area (Å²) in [5.41, 5.74) is 2.10. The number of carbonyl (C=O) groups excluding carboxylic acids is 2. The van der Waals surface area contributed by atoms with Crippen molar-refractivity contribution in [3.05, 3.63) is 24.3 Å². The van der Waals surface area contributed by atoms with Crippen molar-refractivity contribution in [2.75, 3.05) is 50.0 Å². The Morgan fingerprint density at radius 2 is 2.13 bits per heavy atom. The number of benzene rings is 1. The molecular formula is C17H26N4O2. The first-order chi connectivity index (χ1) is 11.1. The molecule has 2 amide bonds. The van der Waals surface area contributed by atoms with E-state index < -0.39 is 0 Å². The minimum atomic E-state index is -0.111. The number of likely N-dealkylation sites (N-methyl/N-ethyl adjacent to an activating group) is 1. The average molecular weight is 318 g/mol. The zero-order valence-electron chi connectivity index (χ0n) is 14.0. The van der Waals surface area contributed by atoms with Crippen LogP contribution in [0.5, 0.6) is 0 Å².